The largest absolute Gasteiger partial charge is 0.357 e. The van der Waals surface area contributed by atoms with Crippen LogP contribution < -0.4 is 20.9 Å². The molecule has 2 amide bonds. The molecule has 8 nitrogen and oxygen atoms in total. The number of piperidine rings is 1. The summed E-state index contributed by atoms with van der Waals surface area (Å²) in [4.78, 5) is 34.0. The molecule has 8 heteroatoms. The number of allylic oxidation sites excluding steroid dienone is 1. The molecule has 1 aromatic carbocycles. The highest BCUT2D eigenvalue weighted by Crippen LogP contribution is 2.18. The molecular formula is C26H34N6O2. The summed E-state index contributed by atoms with van der Waals surface area (Å²) < 4.78 is 0. The Bertz CT molecular complexity index is 979. The molecule has 2 saturated heterocycles. The molecular weight excluding hydrogens is 428 g/mol. The molecule has 2 aliphatic heterocycles. The van der Waals surface area contributed by atoms with Crippen molar-refractivity contribution in [3.8, 4) is 0 Å². The zero-order valence-electron chi connectivity index (χ0n) is 19.6. The Morgan fingerprint density at radius 1 is 0.971 bits per heavy atom. The Labute approximate surface area is 201 Å². The number of urea groups is 1. The molecule has 0 atom stereocenters. The number of anilines is 2. The molecule has 2 aliphatic rings. The number of piperazine rings is 1. The second-order valence-corrected chi connectivity index (χ2v) is 8.72. The summed E-state index contributed by atoms with van der Waals surface area (Å²) in [7, 11) is 0. The Morgan fingerprint density at radius 2 is 1.74 bits per heavy atom. The molecule has 3 heterocycles. The monoisotopic (exact) mass is 462 g/mol. The first-order chi connectivity index (χ1) is 16.7. The van der Waals surface area contributed by atoms with E-state index in [0.717, 1.165) is 57.3 Å². The molecule has 1 aromatic heterocycles. The van der Waals surface area contributed by atoms with E-state index in [4.69, 9.17) is 0 Å². The first kappa shape index (κ1) is 23.9. The van der Waals surface area contributed by atoms with E-state index in [0.29, 0.717) is 17.8 Å². The summed E-state index contributed by atoms with van der Waals surface area (Å²) >= 11 is 0. The van der Waals surface area contributed by atoms with E-state index in [9.17, 15) is 9.59 Å². The van der Waals surface area contributed by atoms with Crippen LogP contribution in [0.15, 0.2) is 48.5 Å². The van der Waals surface area contributed by atoms with Gasteiger partial charge in [0, 0.05) is 63.6 Å². The molecule has 4 rings (SSSR count). The van der Waals surface area contributed by atoms with Gasteiger partial charge < -0.3 is 20.9 Å². The maximum absolute atomic E-state index is 12.6. The number of ketones is 1. The van der Waals surface area contributed by atoms with E-state index in [-0.39, 0.29) is 11.8 Å². The van der Waals surface area contributed by atoms with Crippen molar-refractivity contribution in [1.82, 2.24) is 20.5 Å². The van der Waals surface area contributed by atoms with Crippen LogP contribution >= 0.6 is 0 Å². The number of amides is 2. The highest BCUT2D eigenvalue weighted by molar-refractivity contribution is 6.07. The van der Waals surface area contributed by atoms with Crippen molar-refractivity contribution >= 4 is 29.4 Å². The van der Waals surface area contributed by atoms with Crippen molar-refractivity contribution in [2.45, 2.75) is 19.3 Å². The van der Waals surface area contributed by atoms with Crippen LogP contribution in [0, 0.1) is 0 Å². The number of carbonyl (C=O) groups is 2. The van der Waals surface area contributed by atoms with Gasteiger partial charge in [0.2, 0.25) is 0 Å². The third kappa shape index (κ3) is 7.13. The Morgan fingerprint density at radius 3 is 2.50 bits per heavy atom. The zero-order valence-corrected chi connectivity index (χ0v) is 19.6. The topological polar surface area (TPSA) is 89.6 Å². The molecule has 34 heavy (non-hydrogen) atoms. The molecule has 2 aromatic rings. The Hall–Kier alpha value is -3.23. The van der Waals surface area contributed by atoms with E-state index in [1.165, 1.54) is 19.3 Å². The Kier molecular flexibility index (Phi) is 8.65. The molecule has 3 N–H and O–H groups in total. The number of nitrogens with zero attached hydrogens (tertiary/aromatic N) is 3. The van der Waals surface area contributed by atoms with Gasteiger partial charge in [-0.15, -0.1) is 0 Å². The molecule has 0 aliphatic carbocycles. The molecule has 0 bridgehead atoms. The van der Waals surface area contributed by atoms with Crippen LogP contribution in [0.5, 0.6) is 0 Å². The molecule has 2 fully saturated rings. The lowest BCUT2D eigenvalue weighted by atomic mass is 10.1. The van der Waals surface area contributed by atoms with Crippen LogP contribution in [-0.2, 0) is 0 Å². The predicted molar refractivity (Wildman–Crippen MR) is 136 cm³/mol. The van der Waals surface area contributed by atoms with Crippen LogP contribution in [0.1, 0.15) is 35.3 Å². The van der Waals surface area contributed by atoms with Gasteiger partial charge in [-0.3, -0.25) is 9.69 Å². The van der Waals surface area contributed by atoms with Crippen LogP contribution in [-0.4, -0.2) is 74.1 Å². The number of carbonyl (C=O) groups excluding carboxylic acids is 2. The van der Waals surface area contributed by atoms with Crippen LogP contribution in [0.3, 0.4) is 0 Å². The first-order valence-electron chi connectivity index (χ1n) is 12.2. The van der Waals surface area contributed by atoms with Crippen LogP contribution in [0.4, 0.5) is 16.3 Å². The average molecular weight is 463 g/mol. The second kappa shape index (κ2) is 12.3. The smallest absolute Gasteiger partial charge is 0.319 e. The zero-order chi connectivity index (χ0) is 23.6. The summed E-state index contributed by atoms with van der Waals surface area (Å²) in [5.41, 5.74) is 1.98. The van der Waals surface area contributed by atoms with E-state index in [2.05, 4.69) is 30.7 Å². The van der Waals surface area contributed by atoms with Crippen molar-refractivity contribution in [2.24, 2.45) is 0 Å². The molecule has 180 valence electrons. The van der Waals surface area contributed by atoms with E-state index >= 15 is 0 Å². The second-order valence-electron chi connectivity index (χ2n) is 8.72. The van der Waals surface area contributed by atoms with E-state index in [1.54, 1.807) is 36.4 Å². The van der Waals surface area contributed by atoms with Gasteiger partial charge in [0.1, 0.15) is 5.82 Å². The van der Waals surface area contributed by atoms with Gasteiger partial charge in [-0.05, 0) is 67.8 Å². The number of aromatic nitrogens is 1. The maximum atomic E-state index is 12.6. The number of hydrogen-bond acceptors (Lipinski definition) is 6. The molecule has 0 spiro atoms. The summed E-state index contributed by atoms with van der Waals surface area (Å²) in [5, 5.41) is 9.01. The fraction of sp³-hybridized carbons (Fsp3) is 0.423. The van der Waals surface area contributed by atoms with Crippen LogP contribution in [0.25, 0.3) is 6.08 Å². The number of pyridine rings is 1. The number of nitrogens with one attached hydrogen (secondary N) is 3. The summed E-state index contributed by atoms with van der Waals surface area (Å²) in [5.74, 6) is 0.869. The highest BCUT2D eigenvalue weighted by Gasteiger charge is 2.12. The SMILES string of the molecule is O=C(NCCN1CCNCC1)Nc1ccc(C(=O)C=Cc2cccc(N3CCCCC3)n2)cc1. The lowest BCUT2D eigenvalue weighted by Crippen LogP contribution is -2.46. The lowest BCUT2D eigenvalue weighted by molar-refractivity contribution is 0.104. The van der Waals surface area contributed by atoms with Gasteiger partial charge in [0.15, 0.2) is 5.78 Å². The minimum atomic E-state index is -0.242. The number of rotatable bonds is 8. The van der Waals surface area contributed by atoms with E-state index < -0.39 is 0 Å². The standard InChI is InChI=1S/C26H34N6O2/c33-24(12-11-22-5-4-6-25(29-22)32-16-2-1-3-17-32)21-7-9-23(10-8-21)30-26(34)28-15-20-31-18-13-27-14-19-31/h4-12,27H,1-3,13-20H2,(H2,28,30,34). The fourth-order valence-electron chi connectivity index (χ4n) is 4.24. The minimum absolute atomic E-state index is 0.0998. The lowest BCUT2D eigenvalue weighted by Gasteiger charge is -2.27. The van der Waals surface area contributed by atoms with Crippen LogP contribution in [0.2, 0.25) is 0 Å². The molecule has 0 unspecified atom stereocenters. The highest BCUT2D eigenvalue weighted by atomic mass is 16.2. The van der Waals surface area contributed by atoms with Gasteiger partial charge in [-0.25, -0.2) is 9.78 Å². The minimum Gasteiger partial charge on any atom is -0.357 e. The molecule has 0 radical (unpaired) electrons. The number of benzene rings is 1. The van der Waals surface area contributed by atoms with Gasteiger partial charge in [0.25, 0.3) is 0 Å². The molecule has 0 saturated carbocycles. The van der Waals surface area contributed by atoms with Gasteiger partial charge in [-0.2, -0.15) is 0 Å². The van der Waals surface area contributed by atoms with Crippen molar-refractivity contribution in [2.75, 3.05) is 62.6 Å². The van der Waals surface area contributed by atoms with Gasteiger partial charge in [0.05, 0.1) is 5.69 Å². The summed E-state index contributed by atoms with van der Waals surface area (Å²) in [6.07, 6.45) is 6.98. The average Bonchev–Trinajstić information content (AvgIpc) is 2.89. The third-order valence-corrected chi connectivity index (χ3v) is 6.19. The predicted octanol–water partition coefficient (Wildman–Crippen LogP) is 2.99. The van der Waals surface area contributed by atoms with Gasteiger partial charge >= 0.3 is 6.03 Å². The maximum Gasteiger partial charge on any atom is 0.319 e. The van der Waals surface area contributed by atoms with Crippen molar-refractivity contribution in [1.29, 1.82) is 0 Å². The first-order valence-corrected chi connectivity index (χ1v) is 12.2. The van der Waals surface area contributed by atoms with E-state index in [1.807, 2.05) is 18.2 Å². The number of hydrogen-bond donors (Lipinski definition) is 3. The van der Waals surface area contributed by atoms with Crippen molar-refractivity contribution in [3.05, 3.63) is 59.8 Å². The quantitative estimate of drug-likeness (QED) is 0.413. The third-order valence-electron chi connectivity index (χ3n) is 6.19. The van der Waals surface area contributed by atoms with Crippen molar-refractivity contribution in [3.63, 3.8) is 0 Å². The summed E-state index contributed by atoms with van der Waals surface area (Å²) in [6.45, 7) is 7.51. The fourth-order valence-corrected chi connectivity index (χ4v) is 4.24. The van der Waals surface area contributed by atoms with Gasteiger partial charge in [-0.1, -0.05) is 6.07 Å². The summed E-state index contributed by atoms with van der Waals surface area (Å²) in [6, 6.07) is 12.6. The Balaban J connectivity index is 1.25. The van der Waals surface area contributed by atoms with Crippen molar-refractivity contribution < 1.29 is 9.59 Å². The normalized spacial score (nSPS) is 17.0.